The molecule has 1 rings (SSSR count). The van der Waals surface area contributed by atoms with E-state index in [2.05, 4.69) is 0 Å². The maximum Gasteiger partial charge on any atom is 0.303 e. The van der Waals surface area contributed by atoms with Gasteiger partial charge in [0.05, 0.1) is 6.42 Å². The summed E-state index contributed by atoms with van der Waals surface area (Å²) in [7, 11) is 0. The molecular formula is C14H18O4. The predicted octanol–water partition coefficient (Wildman–Crippen LogP) is 2.64. The summed E-state index contributed by atoms with van der Waals surface area (Å²) in [6.07, 6.45) is 0.506. The van der Waals surface area contributed by atoms with E-state index in [1.54, 1.807) is 6.07 Å². The molecule has 0 fully saturated rings. The molecule has 4 nitrogen and oxygen atoms in total. The minimum Gasteiger partial charge on any atom is -0.508 e. The lowest BCUT2D eigenvalue weighted by Crippen LogP contribution is -2.05. The number of phenols is 1. The average Bonchev–Trinajstić information content (AvgIpc) is 2.28. The van der Waals surface area contributed by atoms with Gasteiger partial charge in [-0.05, 0) is 36.1 Å². The summed E-state index contributed by atoms with van der Waals surface area (Å²) in [5, 5.41) is 18.2. The summed E-state index contributed by atoms with van der Waals surface area (Å²) in [6.45, 7) is 4.05. The number of benzene rings is 1. The zero-order chi connectivity index (χ0) is 13.7. The van der Waals surface area contributed by atoms with Gasteiger partial charge < -0.3 is 10.2 Å². The van der Waals surface area contributed by atoms with E-state index in [1.807, 2.05) is 13.8 Å². The van der Waals surface area contributed by atoms with E-state index in [9.17, 15) is 14.7 Å². The van der Waals surface area contributed by atoms with Crippen LogP contribution in [0.1, 0.15) is 42.6 Å². The number of ketones is 1. The second kappa shape index (κ2) is 6.19. The Kier molecular flexibility index (Phi) is 4.89. The first-order valence-corrected chi connectivity index (χ1v) is 5.97. The summed E-state index contributed by atoms with van der Waals surface area (Å²) in [6, 6.07) is 4.68. The molecule has 0 aromatic heterocycles. The van der Waals surface area contributed by atoms with Crippen LogP contribution in [0.5, 0.6) is 5.75 Å². The Hall–Kier alpha value is -1.84. The molecule has 0 spiro atoms. The highest BCUT2D eigenvalue weighted by atomic mass is 16.4. The standard InChI is InChI=1S/C14H18O4/c1-9(2)7-11-8-10(3-4-13(11)16)12(15)5-6-14(17)18/h3-4,8-9,16H,5-7H2,1-2H3,(H,17,18). The molecule has 0 heterocycles. The van der Waals surface area contributed by atoms with Crippen LogP contribution in [0.4, 0.5) is 0 Å². The van der Waals surface area contributed by atoms with E-state index in [0.717, 1.165) is 5.56 Å². The van der Waals surface area contributed by atoms with E-state index < -0.39 is 5.97 Å². The molecule has 0 bridgehead atoms. The Labute approximate surface area is 106 Å². The van der Waals surface area contributed by atoms with E-state index in [1.165, 1.54) is 12.1 Å². The fraction of sp³-hybridized carbons (Fsp3) is 0.429. The van der Waals surface area contributed by atoms with Crippen molar-refractivity contribution < 1.29 is 19.8 Å². The van der Waals surface area contributed by atoms with Gasteiger partial charge in [-0.25, -0.2) is 0 Å². The maximum absolute atomic E-state index is 11.8. The quantitative estimate of drug-likeness (QED) is 0.761. The van der Waals surface area contributed by atoms with Crippen molar-refractivity contribution in [3.8, 4) is 5.75 Å². The van der Waals surface area contributed by atoms with Crippen molar-refractivity contribution in [3.63, 3.8) is 0 Å². The molecule has 0 radical (unpaired) electrons. The van der Waals surface area contributed by atoms with Crippen LogP contribution in [0.25, 0.3) is 0 Å². The Morgan fingerprint density at radius 3 is 2.44 bits per heavy atom. The van der Waals surface area contributed by atoms with Gasteiger partial charge in [0.2, 0.25) is 0 Å². The van der Waals surface area contributed by atoms with Crippen molar-refractivity contribution in [2.45, 2.75) is 33.1 Å². The highest BCUT2D eigenvalue weighted by Crippen LogP contribution is 2.22. The van der Waals surface area contributed by atoms with Crippen molar-refractivity contribution >= 4 is 11.8 Å². The van der Waals surface area contributed by atoms with Gasteiger partial charge in [-0.1, -0.05) is 13.8 Å². The van der Waals surface area contributed by atoms with Crippen molar-refractivity contribution in [1.82, 2.24) is 0 Å². The number of phenolic OH excluding ortho intramolecular Hbond substituents is 1. The van der Waals surface area contributed by atoms with Crippen LogP contribution in [0.2, 0.25) is 0 Å². The molecule has 0 aliphatic heterocycles. The van der Waals surface area contributed by atoms with Crippen molar-refractivity contribution in [3.05, 3.63) is 29.3 Å². The summed E-state index contributed by atoms with van der Waals surface area (Å²) in [5.41, 5.74) is 1.19. The summed E-state index contributed by atoms with van der Waals surface area (Å²) in [5.74, 6) is -0.634. The molecule has 0 saturated heterocycles. The van der Waals surface area contributed by atoms with Crippen LogP contribution in [-0.2, 0) is 11.2 Å². The lowest BCUT2D eigenvalue weighted by molar-refractivity contribution is -0.136. The van der Waals surface area contributed by atoms with Gasteiger partial charge in [0.25, 0.3) is 0 Å². The average molecular weight is 250 g/mol. The van der Waals surface area contributed by atoms with Gasteiger partial charge in [-0.2, -0.15) is 0 Å². The first-order valence-electron chi connectivity index (χ1n) is 5.97. The number of rotatable bonds is 6. The fourth-order valence-electron chi connectivity index (χ4n) is 1.73. The third kappa shape index (κ3) is 4.20. The Balaban J connectivity index is 2.83. The maximum atomic E-state index is 11.8. The zero-order valence-electron chi connectivity index (χ0n) is 10.6. The van der Waals surface area contributed by atoms with Crippen LogP contribution in [0, 0.1) is 5.92 Å². The van der Waals surface area contributed by atoms with Gasteiger partial charge in [-0.15, -0.1) is 0 Å². The minimum atomic E-state index is -0.982. The molecule has 0 unspecified atom stereocenters. The highest BCUT2D eigenvalue weighted by molar-refractivity contribution is 5.97. The van der Waals surface area contributed by atoms with Gasteiger partial charge >= 0.3 is 5.97 Å². The predicted molar refractivity (Wildman–Crippen MR) is 67.8 cm³/mol. The number of carboxylic acids is 1. The molecule has 0 atom stereocenters. The molecule has 0 aliphatic carbocycles. The number of carbonyl (C=O) groups is 2. The van der Waals surface area contributed by atoms with Crippen molar-refractivity contribution in [1.29, 1.82) is 0 Å². The van der Waals surface area contributed by atoms with Crippen LogP contribution in [0.15, 0.2) is 18.2 Å². The lowest BCUT2D eigenvalue weighted by atomic mass is 9.97. The van der Waals surface area contributed by atoms with Gasteiger partial charge in [0.15, 0.2) is 5.78 Å². The Morgan fingerprint density at radius 2 is 1.89 bits per heavy atom. The van der Waals surface area contributed by atoms with E-state index in [-0.39, 0.29) is 24.4 Å². The van der Waals surface area contributed by atoms with E-state index in [4.69, 9.17) is 5.11 Å². The topological polar surface area (TPSA) is 74.6 Å². The first kappa shape index (κ1) is 14.2. The molecule has 18 heavy (non-hydrogen) atoms. The molecule has 0 amide bonds. The SMILES string of the molecule is CC(C)Cc1cc(C(=O)CCC(=O)O)ccc1O. The van der Waals surface area contributed by atoms with Crippen LogP contribution >= 0.6 is 0 Å². The number of aromatic hydroxyl groups is 1. The van der Waals surface area contributed by atoms with E-state index in [0.29, 0.717) is 17.9 Å². The third-order valence-corrected chi connectivity index (χ3v) is 2.60. The second-order valence-electron chi connectivity index (χ2n) is 4.76. The van der Waals surface area contributed by atoms with Gasteiger partial charge in [0.1, 0.15) is 5.75 Å². The molecule has 1 aromatic carbocycles. The molecule has 4 heteroatoms. The van der Waals surface area contributed by atoms with Crippen molar-refractivity contribution in [2.24, 2.45) is 5.92 Å². The van der Waals surface area contributed by atoms with Crippen molar-refractivity contribution in [2.75, 3.05) is 0 Å². The zero-order valence-corrected chi connectivity index (χ0v) is 10.6. The van der Waals surface area contributed by atoms with Crippen LogP contribution in [-0.4, -0.2) is 22.0 Å². The number of carbonyl (C=O) groups excluding carboxylic acids is 1. The smallest absolute Gasteiger partial charge is 0.303 e. The molecule has 1 aromatic rings. The number of Topliss-reactive ketones (excluding diaryl/α,β-unsaturated/α-hetero) is 1. The van der Waals surface area contributed by atoms with Crippen LogP contribution in [0.3, 0.4) is 0 Å². The number of carboxylic acid groups (broad SMARTS) is 1. The highest BCUT2D eigenvalue weighted by Gasteiger charge is 2.11. The Bertz CT molecular complexity index is 449. The molecule has 0 saturated carbocycles. The molecule has 98 valence electrons. The normalized spacial score (nSPS) is 10.6. The number of hydrogen-bond donors (Lipinski definition) is 2. The second-order valence-corrected chi connectivity index (χ2v) is 4.76. The summed E-state index contributed by atoms with van der Waals surface area (Å²) < 4.78 is 0. The lowest BCUT2D eigenvalue weighted by Gasteiger charge is -2.09. The number of hydrogen-bond acceptors (Lipinski definition) is 3. The summed E-state index contributed by atoms with van der Waals surface area (Å²) >= 11 is 0. The van der Waals surface area contributed by atoms with Gasteiger partial charge in [0, 0.05) is 12.0 Å². The molecular weight excluding hydrogens is 232 g/mol. The van der Waals surface area contributed by atoms with Crippen LogP contribution < -0.4 is 0 Å². The minimum absolute atomic E-state index is 0.0127. The number of aliphatic carboxylic acids is 1. The first-order chi connectivity index (χ1) is 8.40. The van der Waals surface area contributed by atoms with Gasteiger partial charge in [-0.3, -0.25) is 9.59 Å². The third-order valence-electron chi connectivity index (χ3n) is 2.60. The molecule has 0 aliphatic rings. The molecule has 2 N–H and O–H groups in total. The Morgan fingerprint density at radius 1 is 1.22 bits per heavy atom. The fourth-order valence-corrected chi connectivity index (χ4v) is 1.73. The monoisotopic (exact) mass is 250 g/mol. The van der Waals surface area contributed by atoms with E-state index >= 15 is 0 Å². The summed E-state index contributed by atoms with van der Waals surface area (Å²) in [4.78, 5) is 22.2. The largest absolute Gasteiger partial charge is 0.508 e.